The molecule has 12 heavy (non-hydrogen) atoms. The summed E-state index contributed by atoms with van der Waals surface area (Å²) < 4.78 is 4.19. The maximum Gasteiger partial charge on any atom is 0.0457 e. The maximum absolute atomic E-state index is 4.19. The number of thioether (sulfide) groups is 1. The Morgan fingerprint density at radius 2 is 2.58 bits per heavy atom. The monoisotopic (exact) mass is 200 g/mol. The zero-order chi connectivity index (χ0) is 8.39. The van der Waals surface area contributed by atoms with Gasteiger partial charge in [-0.3, -0.25) is 0 Å². The van der Waals surface area contributed by atoms with Gasteiger partial charge in [-0.25, -0.2) is 4.37 Å². The van der Waals surface area contributed by atoms with Crippen molar-refractivity contribution in [1.29, 1.82) is 0 Å². The molecule has 2 rings (SSSR count). The van der Waals surface area contributed by atoms with Gasteiger partial charge in [0, 0.05) is 40.7 Å². The molecular weight excluding hydrogens is 188 g/mol. The van der Waals surface area contributed by atoms with E-state index in [1.807, 2.05) is 18.0 Å². The highest BCUT2D eigenvalue weighted by molar-refractivity contribution is 7.99. The van der Waals surface area contributed by atoms with Crippen molar-refractivity contribution in [3.8, 4) is 0 Å². The van der Waals surface area contributed by atoms with E-state index in [1.54, 1.807) is 11.5 Å². The second-order valence-electron chi connectivity index (χ2n) is 2.92. The Balaban J connectivity index is 2.13. The SMILES string of the molecule is Cc1sncc1C1CSCCN1. The average molecular weight is 200 g/mol. The molecule has 0 spiro atoms. The fourth-order valence-electron chi connectivity index (χ4n) is 1.41. The van der Waals surface area contributed by atoms with Crippen molar-refractivity contribution in [2.45, 2.75) is 13.0 Å². The van der Waals surface area contributed by atoms with Gasteiger partial charge in [-0.2, -0.15) is 11.8 Å². The van der Waals surface area contributed by atoms with E-state index in [1.165, 1.54) is 21.9 Å². The summed E-state index contributed by atoms with van der Waals surface area (Å²) >= 11 is 3.62. The summed E-state index contributed by atoms with van der Waals surface area (Å²) in [4.78, 5) is 1.36. The smallest absolute Gasteiger partial charge is 0.0457 e. The third-order valence-electron chi connectivity index (χ3n) is 2.09. The van der Waals surface area contributed by atoms with Crippen LogP contribution < -0.4 is 5.32 Å². The predicted molar refractivity (Wildman–Crippen MR) is 54.9 cm³/mol. The summed E-state index contributed by atoms with van der Waals surface area (Å²) in [5, 5.41) is 3.51. The van der Waals surface area contributed by atoms with Crippen LogP contribution in [0.3, 0.4) is 0 Å². The van der Waals surface area contributed by atoms with E-state index in [0.29, 0.717) is 6.04 Å². The molecule has 0 amide bonds. The van der Waals surface area contributed by atoms with Crippen LogP contribution >= 0.6 is 23.3 Å². The van der Waals surface area contributed by atoms with Crippen molar-refractivity contribution in [1.82, 2.24) is 9.69 Å². The van der Waals surface area contributed by atoms with Crippen molar-refractivity contribution in [3.63, 3.8) is 0 Å². The van der Waals surface area contributed by atoms with Gasteiger partial charge >= 0.3 is 0 Å². The minimum atomic E-state index is 0.544. The zero-order valence-electron chi connectivity index (χ0n) is 7.04. The van der Waals surface area contributed by atoms with Gasteiger partial charge in [-0.05, 0) is 18.5 Å². The minimum Gasteiger partial charge on any atom is -0.308 e. The molecule has 4 heteroatoms. The molecule has 1 saturated heterocycles. The Kier molecular flexibility index (Phi) is 2.68. The zero-order valence-corrected chi connectivity index (χ0v) is 8.67. The number of hydrogen-bond donors (Lipinski definition) is 1. The normalized spacial score (nSPS) is 24.2. The Morgan fingerprint density at radius 3 is 3.17 bits per heavy atom. The van der Waals surface area contributed by atoms with E-state index in [4.69, 9.17) is 0 Å². The third-order valence-corrected chi connectivity index (χ3v) is 3.87. The lowest BCUT2D eigenvalue weighted by atomic mass is 10.1. The van der Waals surface area contributed by atoms with E-state index < -0.39 is 0 Å². The molecule has 0 saturated carbocycles. The van der Waals surface area contributed by atoms with Crippen LogP contribution in [-0.2, 0) is 0 Å². The van der Waals surface area contributed by atoms with Crippen molar-refractivity contribution >= 4 is 23.3 Å². The number of nitrogens with one attached hydrogen (secondary N) is 1. The maximum atomic E-state index is 4.19. The fraction of sp³-hybridized carbons (Fsp3) is 0.625. The van der Waals surface area contributed by atoms with Gasteiger partial charge in [0.15, 0.2) is 0 Å². The highest BCUT2D eigenvalue weighted by Gasteiger charge is 2.17. The molecule has 0 aliphatic carbocycles. The summed E-state index contributed by atoms with van der Waals surface area (Å²) in [5.74, 6) is 2.44. The Morgan fingerprint density at radius 1 is 1.67 bits per heavy atom. The summed E-state index contributed by atoms with van der Waals surface area (Å²) in [7, 11) is 0. The number of aryl methyl sites for hydroxylation is 1. The highest BCUT2D eigenvalue weighted by Crippen LogP contribution is 2.25. The molecule has 2 heterocycles. The molecule has 2 nitrogen and oxygen atoms in total. The van der Waals surface area contributed by atoms with Crippen LogP contribution in [0.2, 0.25) is 0 Å². The van der Waals surface area contributed by atoms with E-state index in [9.17, 15) is 0 Å². The molecule has 1 atom stereocenters. The second kappa shape index (κ2) is 3.77. The van der Waals surface area contributed by atoms with Crippen LogP contribution in [0, 0.1) is 6.92 Å². The molecule has 0 radical (unpaired) electrons. The first-order valence-corrected chi connectivity index (χ1v) is 6.03. The Hall–Kier alpha value is -0.0600. The number of hydrogen-bond acceptors (Lipinski definition) is 4. The standard InChI is InChI=1S/C8H12N2S2/c1-6-7(4-10-12-6)8-5-11-3-2-9-8/h4,8-9H,2-3,5H2,1H3. The van der Waals surface area contributed by atoms with Gasteiger partial charge in [0.25, 0.3) is 0 Å². The van der Waals surface area contributed by atoms with Crippen molar-refractivity contribution in [2.75, 3.05) is 18.1 Å². The van der Waals surface area contributed by atoms with Gasteiger partial charge in [0.2, 0.25) is 0 Å². The van der Waals surface area contributed by atoms with Crippen LogP contribution in [0.15, 0.2) is 6.20 Å². The highest BCUT2D eigenvalue weighted by atomic mass is 32.2. The fourth-order valence-corrected chi connectivity index (χ4v) is 2.99. The molecule has 1 aliphatic heterocycles. The first-order valence-electron chi connectivity index (χ1n) is 4.10. The molecule has 0 bridgehead atoms. The van der Waals surface area contributed by atoms with Crippen molar-refractivity contribution in [2.24, 2.45) is 0 Å². The van der Waals surface area contributed by atoms with Crippen molar-refractivity contribution < 1.29 is 0 Å². The first-order chi connectivity index (χ1) is 5.88. The number of nitrogens with zero attached hydrogens (tertiary/aromatic N) is 1. The van der Waals surface area contributed by atoms with E-state index in [2.05, 4.69) is 16.6 Å². The average Bonchev–Trinajstić information content (AvgIpc) is 2.53. The summed E-state index contributed by atoms with van der Waals surface area (Å²) in [5.41, 5.74) is 1.40. The molecule has 1 aliphatic rings. The second-order valence-corrected chi connectivity index (χ2v) is 5.07. The van der Waals surface area contributed by atoms with Crippen LogP contribution in [-0.4, -0.2) is 22.4 Å². The molecule has 1 N–H and O–H groups in total. The minimum absolute atomic E-state index is 0.544. The van der Waals surface area contributed by atoms with Gasteiger partial charge in [0.05, 0.1) is 0 Å². The molecule has 1 aromatic heterocycles. The van der Waals surface area contributed by atoms with E-state index >= 15 is 0 Å². The van der Waals surface area contributed by atoms with E-state index in [-0.39, 0.29) is 0 Å². The molecule has 66 valence electrons. The molecular formula is C8H12N2S2. The van der Waals surface area contributed by atoms with Crippen LogP contribution in [0.25, 0.3) is 0 Å². The lowest BCUT2D eigenvalue weighted by Gasteiger charge is -2.22. The lowest BCUT2D eigenvalue weighted by Crippen LogP contribution is -2.30. The van der Waals surface area contributed by atoms with Gasteiger partial charge in [-0.1, -0.05) is 0 Å². The number of aromatic nitrogens is 1. The molecule has 0 aromatic carbocycles. The number of rotatable bonds is 1. The van der Waals surface area contributed by atoms with Crippen LogP contribution in [0.5, 0.6) is 0 Å². The van der Waals surface area contributed by atoms with Gasteiger partial charge in [0.1, 0.15) is 0 Å². The first kappa shape index (κ1) is 8.53. The molecule has 1 unspecified atom stereocenters. The van der Waals surface area contributed by atoms with Crippen molar-refractivity contribution in [3.05, 3.63) is 16.6 Å². The topological polar surface area (TPSA) is 24.9 Å². The molecule has 1 fully saturated rings. The van der Waals surface area contributed by atoms with Gasteiger partial charge < -0.3 is 5.32 Å². The van der Waals surface area contributed by atoms with E-state index in [0.717, 1.165) is 6.54 Å². The summed E-state index contributed by atoms with van der Waals surface area (Å²) in [6.07, 6.45) is 2.00. The quantitative estimate of drug-likeness (QED) is 0.748. The Bertz CT molecular complexity index is 253. The Labute approximate surface area is 80.9 Å². The molecule has 1 aromatic rings. The third kappa shape index (κ3) is 1.65. The summed E-state index contributed by atoms with van der Waals surface area (Å²) in [6.45, 7) is 3.28. The van der Waals surface area contributed by atoms with Crippen LogP contribution in [0.1, 0.15) is 16.5 Å². The predicted octanol–water partition coefficient (Wildman–Crippen LogP) is 1.83. The lowest BCUT2D eigenvalue weighted by molar-refractivity contribution is 0.593. The van der Waals surface area contributed by atoms with Gasteiger partial charge in [-0.15, -0.1) is 0 Å². The van der Waals surface area contributed by atoms with Crippen LogP contribution in [0.4, 0.5) is 0 Å². The summed E-state index contributed by atoms with van der Waals surface area (Å²) in [6, 6.07) is 0.544. The largest absolute Gasteiger partial charge is 0.308 e.